The van der Waals surface area contributed by atoms with Crippen LogP contribution in [0.5, 0.6) is 0 Å². The van der Waals surface area contributed by atoms with Gasteiger partial charge in [-0.25, -0.2) is 9.97 Å². The van der Waals surface area contributed by atoms with Crippen LogP contribution in [-0.4, -0.2) is 29.0 Å². The zero-order valence-corrected chi connectivity index (χ0v) is 16.1. The molecule has 0 aliphatic carbocycles. The molecule has 7 heteroatoms. The molecule has 4 rings (SSSR count). The molecule has 27 heavy (non-hydrogen) atoms. The summed E-state index contributed by atoms with van der Waals surface area (Å²) in [7, 11) is 0. The van der Waals surface area contributed by atoms with E-state index in [4.69, 9.17) is 4.42 Å². The minimum Gasteiger partial charge on any atom is -0.462 e. The third kappa shape index (κ3) is 4.03. The lowest BCUT2D eigenvalue weighted by atomic mass is 10.1. The van der Waals surface area contributed by atoms with Gasteiger partial charge in [0.25, 0.3) is 5.91 Å². The van der Waals surface area contributed by atoms with Crippen LogP contribution in [0.1, 0.15) is 40.2 Å². The van der Waals surface area contributed by atoms with Crippen molar-refractivity contribution in [1.29, 1.82) is 0 Å². The van der Waals surface area contributed by atoms with Gasteiger partial charge in [0.1, 0.15) is 11.5 Å². The van der Waals surface area contributed by atoms with E-state index in [2.05, 4.69) is 20.2 Å². The summed E-state index contributed by atoms with van der Waals surface area (Å²) in [6.45, 7) is 4.47. The fourth-order valence-electron chi connectivity index (χ4n) is 3.21. The maximum Gasteiger partial charge on any atom is 0.271 e. The van der Waals surface area contributed by atoms with E-state index in [1.165, 1.54) is 30.6 Å². The number of carbonyl (C=O) groups is 1. The largest absolute Gasteiger partial charge is 0.462 e. The van der Waals surface area contributed by atoms with Crippen molar-refractivity contribution in [3.8, 4) is 10.8 Å². The molecule has 0 spiro atoms. The Balaban J connectivity index is 1.38. The first-order valence-corrected chi connectivity index (χ1v) is 10.0. The second kappa shape index (κ2) is 7.92. The number of anilines is 1. The van der Waals surface area contributed by atoms with Crippen molar-refractivity contribution in [3.63, 3.8) is 0 Å². The lowest BCUT2D eigenvalue weighted by Crippen LogP contribution is -2.30. The molecule has 140 valence electrons. The van der Waals surface area contributed by atoms with Crippen LogP contribution in [0.2, 0.25) is 0 Å². The van der Waals surface area contributed by atoms with Crippen molar-refractivity contribution < 1.29 is 9.21 Å². The average Bonchev–Trinajstić information content (AvgIpc) is 3.37. The van der Waals surface area contributed by atoms with Crippen molar-refractivity contribution in [2.45, 2.75) is 32.7 Å². The molecule has 4 heterocycles. The zero-order valence-electron chi connectivity index (χ0n) is 15.3. The van der Waals surface area contributed by atoms with Crippen molar-refractivity contribution in [3.05, 3.63) is 52.9 Å². The average molecular weight is 382 g/mol. The van der Waals surface area contributed by atoms with Crippen LogP contribution >= 0.6 is 11.3 Å². The summed E-state index contributed by atoms with van der Waals surface area (Å²) in [6, 6.07) is 7.72. The van der Waals surface area contributed by atoms with Crippen LogP contribution in [0.4, 0.5) is 5.82 Å². The van der Waals surface area contributed by atoms with Gasteiger partial charge in [0, 0.05) is 30.7 Å². The predicted octanol–water partition coefficient (Wildman–Crippen LogP) is 4.03. The van der Waals surface area contributed by atoms with E-state index < -0.39 is 0 Å². The molecular weight excluding hydrogens is 360 g/mol. The molecule has 3 aromatic heterocycles. The molecule has 0 radical (unpaired) electrons. The van der Waals surface area contributed by atoms with Gasteiger partial charge in [-0.15, -0.1) is 11.3 Å². The quantitative estimate of drug-likeness (QED) is 0.721. The Morgan fingerprint density at radius 1 is 1.26 bits per heavy atom. The number of nitrogens with zero attached hydrogens (tertiary/aromatic N) is 3. The first kappa shape index (κ1) is 17.7. The van der Waals surface area contributed by atoms with E-state index in [1.54, 1.807) is 6.26 Å². The number of carbonyl (C=O) groups excluding carboxylic acids is 1. The Labute approximate surface area is 162 Å². The molecule has 6 nitrogen and oxygen atoms in total. The molecule has 3 aromatic rings. The number of rotatable bonds is 5. The summed E-state index contributed by atoms with van der Waals surface area (Å²) in [5.41, 5.74) is 1.42. The van der Waals surface area contributed by atoms with Gasteiger partial charge < -0.3 is 14.6 Å². The lowest BCUT2D eigenvalue weighted by molar-refractivity contribution is 0.0946. The van der Waals surface area contributed by atoms with Crippen LogP contribution in [0, 0.1) is 6.92 Å². The summed E-state index contributed by atoms with van der Waals surface area (Å²) in [6.07, 6.45) is 7.20. The molecule has 0 aromatic carbocycles. The minimum absolute atomic E-state index is 0.179. The van der Waals surface area contributed by atoms with Gasteiger partial charge in [0.05, 0.1) is 6.26 Å². The Hall–Kier alpha value is -2.67. The highest BCUT2D eigenvalue weighted by molar-refractivity contribution is 7.15. The Morgan fingerprint density at radius 2 is 2.11 bits per heavy atom. The molecule has 0 atom stereocenters. The number of piperidine rings is 1. The highest BCUT2D eigenvalue weighted by Gasteiger charge is 2.17. The molecule has 1 N–H and O–H groups in total. The van der Waals surface area contributed by atoms with E-state index in [0.717, 1.165) is 34.4 Å². The maximum absolute atomic E-state index is 12.5. The number of aryl methyl sites for hydroxylation is 1. The number of furan rings is 1. The van der Waals surface area contributed by atoms with Gasteiger partial charge in [-0.2, -0.15) is 0 Å². The van der Waals surface area contributed by atoms with Gasteiger partial charge in [-0.05, 0) is 49.9 Å². The van der Waals surface area contributed by atoms with Crippen molar-refractivity contribution in [2.75, 3.05) is 18.0 Å². The van der Waals surface area contributed by atoms with Gasteiger partial charge >= 0.3 is 0 Å². The Kier molecular flexibility index (Phi) is 5.20. The van der Waals surface area contributed by atoms with Crippen LogP contribution < -0.4 is 10.2 Å². The summed E-state index contributed by atoms with van der Waals surface area (Å²) in [4.78, 5) is 24.7. The number of nitrogens with one attached hydrogen (secondary N) is 1. The second-order valence-corrected chi connectivity index (χ2v) is 7.86. The molecule has 0 saturated carbocycles. The molecule has 1 amide bonds. The second-order valence-electron chi connectivity index (χ2n) is 6.66. The molecule has 0 unspecified atom stereocenters. The fourth-order valence-corrected chi connectivity index (χ4v) is 4.09. The SMILES string of the molecule is Cc1sc(-c2ccco2)nc1C(=O)NCc1ccc(N2CCCCC2)nc1. The van der Waals surface area contributed by atoms with Crippen LogP contribution in [0.25, 0.3) is 10.8 Å². The highest BCUT2D eigenvalue weighted by atomic mass is 32.1. The van der Waals surface area contributed by atoms with Gasteiger partial charge in [-0.1, -0.05) is 6.07 Å². The number of aromatic nitrogens is 2. The van der Waals surface area contributed by atoms with E-state index in [0.29, 0.717) is 18.0 Å². The number of hydrogen-bond donors (Lipinski definition) is 1. The number of pyridine rings is 1. The molecule has 1 aliphatic rings. The monoisotopic (exact) mass is 382 g/mol. The van der Waals surface area contributed by atoms with Crippen LogP contribution in [0.15, 0.2) is 41.1 Å². The molecule has 1 aliphatic heterocycles. The summed E-state index contributed by atoms with van der Waals surface area (Å²) < 4.78 is 5.36. The van der Waals surface area contributed by atoms with Crippen LogP contribution in [-0.2, 0) is 6.54 Å². The van der Waals surface area contributed by atoms with E-state index in [-0.39, 0.29) is 5.91 Å². The molecular formula is C20H22N4O2S. The lowest BCUT2D eigenvalue weighted by Gasteiger charge is -2.27. The van der Waals surface area contributed by atoms with Crippen molar-refractivity contribution >= 4 is 23.1 Å². The first-order chi connectivity index (χ1) is 13.2. The van der Waals surface area contributed by atoms with E-state index in [1.807, 2.05) is 37.4 Å². The number of hydrogen-bond acceptors (Lipinski definition) is 6. The normalized spacial score (nSPS) is 14.3. The van der Waals surface area contributed by atoms with Crippen molar-refractivity contribution in [1.82, 2.24) is 15.3 Å². The van der Waals surface area contributed by atoms with Gasteiger partial charge in [0.2, 0.25) is 0 Å². The highest BCUT2D eigenvalue weighted by Crippen LogP contribution is 2.27. The topological polar surface area (TPSA) is 71.3 Å². The van der Waals surface area contributed by atoms with Gasteiger partial charge in [-0.3, -0.25) is 4.79 Å². The maximum atomic E-state index is 12.5. The fraction of sp³-hybridized carbons (Fsp3) is 0.350. The Morgan fingerprint density at radius 3 is 2.81 bits per heavy atom. The summed E-state index contributed by atoms with van der Waals surface area (Å²) in [5, 5.41) is 3.65. The predicted molar refractivity (Wildman–Crippen MR) is 106 cm³/mol. The summed E-state index contributed by atoms with van der Waals surface area (Å²) >= 11 is 1.46. The number of thiazole rings is 1. The summed E-state index contributed by atoms with van der Waals surface area (Å²) in [5.74, 6) is 1.52. The minimum atomic E-state index is -0.179. The molecule has 1 saturated heterocycles. The van der Waals surface area contributed by atoms with Gasteiger partial charge in [0.15, 0.2) is 10.8 Å². The number of amides is 1. The van der Waals surface area contributed by atoms with E-state index >= 15 is 0 Å². The van der Waals surface area contributed by atoms with Crippen molar-refractivity contribution in [2.24, 2.45) is 0 Å². The first-order valence-electron chi connectivity index (χ1n) is 9.20. The third-order valence-electron chi connectivity index (χ3n) is 4.69. The molecule has 1 fully saturated rings. The smallest absolute Gasteiger partial charge is 0.271 e. The zero-order chi connectivity index (χ0) is 18.6. The molecule has 0 bridgehead atoms. The van der Waals surface area contributed by atoms with Crippen LogP contribution in [0.3, 0.4) is 0 Å². The standard InChI is InChI=1S/C20H22N4O2S/c1-14-18(23-20(27-14)16-6-5-11-26-16)19(25)22-13-15-7-8-17(21-12-15)24-9-3-2-4-10-24/h5-8,11-12H,2-4,9-10,13H2,1H3,(H,22,25). The Bertz CT molecular complexity index is 897. The van der Waals surface area contributed by atoms with E-state index in [9.17, 15) is 4.79 Å². The third-order valence-corrected chi connectivity index (χ3v) is 5.67.